The van der Waals surface area contributed by atoms with Crippen molar-refractivity contribution in [3.8, 4) is 0 Å². The summed E-state index contributed by atoms with van der Waals surface area (Å²) in [7, 11) is 0. The van der Waals surface area contributed by atoms with Gasteiger partial charge in [-0.1, -0.05) is 51.1 Å². The Morgan fingerprint density at radius 2 is 1.73 bits per heavy atom. The normalized spacial score (nSPS) is 24.7. The molecule has 2 aliphatic carbocycles. The fourth-order valence-electron chi connectivity index (χ4n) is 2.22. The molecule has 0 bridgehead atoms. The van der Waals surface area contributed by atoms with Gasteiger partial charge in [-0.2, -0.15) is 0 Å². The molecule has 0 radical (unpaired) electrons. The second-order valence-corrected chi connectivity index (χ2v) is 4.21. The Bertz CT molecular complexity index is 453. The first-order valence-electron chi connectivity index (χ1n) is 6.19. The first kappa shape index (κ1) is 10.5. The largest absolute Gasteiger partial charge is 0.0729 e. The van der Waals surface area contributed by atoms with Crippen LogP contribution in [0.1, 0.15) is 32.8 Å². The van der Waals surface area contributed by atoms with E-state index in [0.29, 0.717) is 0 Å². The van der Waals surface area contributed by atoms with Crippen molar-refractivity contribution in [1.29, 1.82) is 0 Å². The summed E-state index contributed by atoms with van der Waals surface area (Å²) >= 11 is 0. The highest BCUT2D eigenvalue weighted by atomic mass is 14.4. The highest BCUT2D eigenvalue weighted by Crippen LogP contribution is 2.41. The van der Waals surface area contributed by atoms with Gasteiger partial charge in [0.15, 0.2) is 0 Å². The summed E-state index contributed by atoms with van der Waals surface area (Å²) in [4.78, 5) is 0. The van der Waals surface area contributed by atoms with E-state index in [1.807, 2.05) is 13.8 Å². The Labute approximate surface area is 92.3 Å². The van der Waals surface area contributed by atoms with Crippen LogP contribution in [0.25, 0.3) is 12.2 Å². The lowest BCUT2D eigenvalue weighted by molar-refractivity contribution is 1.05. The molecule has 0 heterocycles. The molecule has 0 spiro atoms. The maximum Gasteiger partial charge on any atom is -0.0155 e. The molecule has 1 fully saturated rings. The van der Waals surface area contributed by atoms with Crippen molar-refractivity contribution < 1.29 is 0 Å². The Hall–Kier alpha value is -1.04. The number of rotatable bonds is 1. The molecule has 0 aliphatic heterocycles. The van der Waals surface area contributed by atoms with Crippen molar-refractivity contribution in [2.75, 3.05) is 0 Å². The van der Waals surface area contributed by atoms with Gasteiger partial charge in [0, 0.05) is 0 Å². The SMILES string of the molecule is CC.CCc1ccc2c(c1)=CC1CC1C=2. The third-order valence-corrected chi connectivity index (χ3v) is 3.24. The third-order valence-electron chi connectivity index (χ3n) is 3.24. The van der Waals surface area contributed by atoms with Crippen molar-refractivity contribution in [3.63, 3.8) is 0 Å². The lowest BCUT2D eigenvalue weighted by Crippen LogP contribution is -2.27. The van der Waals surface area contributed by atoms with Gasteiger partial charge in [-0.05, 0) is 40.7 Å². The average Bonchev–Trinajstić information content (AvgIpc) is 3.05. The Morgan fingerprint density at radius 1 is 1.07 bits per heavy atom. The second-order valence-electron chi connectivity index (χ2n) is 4.21. The van der Waals surface area contributed by atoms with Crippen LogP contribution in [0, 0.1) is 11.8 Å². The number of hydrogen-bond acceptors (Lipinski definition) is 0. The summed E-state index contributed by atoms with van der Waals surface area (Å²) in [6.45, 7) is 6.22. The lowest BCUT2D eigenvalue weighted by atomic mass is 10.0. The molecule has 3 rings (SSSR count). The maximum absolute atomic E-state index is 2.46. The number of benzene rings is 1. The summed E-state index contributed by atoms with van der Waals surface area (Å²) in [5.74, 6) is 1.75. The third kappa shape index (κ3) is 1.99. The number of hydrogen-bond donors (Lipinski definition) is 0. The van der Waals surface area contributed by atoms with E-state index in [2.05, 4.69) is 37.3 Å². The average molecular weight is 200 g/mol. The molecule has 2 aliphatic rings. The van der Waals surface area contributed by atoms with Gasteiger partial charge in [0.05, 0.1) is 0 Å². The molecule has 1 saturated carbocycles. The van der Waals surface area contributed by atoms with Gasteiger partial charge in [-0.15, -0.1) is 0 Å². The van der Waals surface area contributed by atoms with Crippen molar-refractivity contribution in [3.05, 3.63) is 34.2 Å². The lowest BCUT2D eigenvalue weighted by Gasteiger charge is -2.01. The van der Waals surface area contributed by atoms with Gasteiger partial charge in [0.2, 0.25) is 0 Å². The molecule has 2 unspecified atom stereocenters. The molecule has 0 N–H and O–H groups in total. The summed E-state index contributed by atoms with van der Waals surface area (Å²) in [6.07, 6.45) is 7.43. The fourth-order valence-corrected chi connectivity index (χ4v) is 2.22. The van der Waals surface area contributed by atoms with Gasteiger partial charge in [0.25, 0.3) is 0 Å². The van der Waals surface area contributed by atoms with Crippen LogP contribution in [-0.4, -0.2) is 0 Å². The van der Waals surface area contributed by atoms with Crippen LogP contribution >= 0.6 is 0 Å². The molecule has 0 nitrogen and oxygen atoms in total. The maximum atomic E-state index is 2.46. The van der Waals surface area contributed by atoms with Crippen molar-refractivity contribution in [2.24, 2.45) is 11.8 Å². The summed E-state index contributed by atoms with van der Waals surface area (Å²) in [6, 6.07) is 6.88. The molecule has 0 saturated heterocycles. The van der Waals surface area contributed by atoms with Crippen LogP contribution in [0.5, 0.6) is 0 Å². The van der Waals surface area contributed by atoms with Crippen LogP contribution in [0.4, 0.5) is 0 Å². The molecule has 0 heteroatoms. The number of aryl methyl sites for hydroxylation is 1. The predicted molar refractivity (Wildman–Crippen MR) is 66.9 cm³/mol. The Morgan fingerprint density at radius 3 is 2.40 bits per heavy atom. The standard InChI is InChI=1S/C13H14.C2H6/c1-2-9-3-4-10-6-12-8-13(12)7-11(10)5-9;1-2/h3-7,12-13H,2,8H2,1H3;1-2H3. The van der Waals surface area contributed by atoms with Gasteiger partial charge in [-0.3, -0.25) is 0 Å². The first-order chi connectivity index (χ1) is 7.36. The summed E-state index contributed by atoms with van der Waals surface area (Å²) in [5, 5.41) is 2.93. The Kier molecular flexibility index (Phi) is 2.95. The van der Waals surface area contributed by atoms with Gasteiger partial charge < -0.3 is 0 Å². The Balaban J connectivity index is 0.000000404. The molecule has 0 aromatic heterocycles. The summed E-state index contributed by atoms with van der Waals surface area (Å²) in [5.41, 5.74) is 1.46. The van der Waals surface area contributed by atoms with Crippen LogP contribution < -0.4 is 10.4 Å². The predicted octanol–water partition coefficient (Wildman–Crippen LogP) is 2.49. The number of fused-ring (bicyclic) bond motifs is 2. The topological polar surface area (TPSA) is 0 Å². The minimum absolute atomic E-state index is 0.875. The van der Waals surface area contributed by atoms with Crippen LogP contribution in [-0.2, 0) is 6.42 Å². The van der Waals surface area contributed by atoms with E-state index < -0.39 is 0 Å². The van der Waals surface area contributed by atoms with Crippen LogP contribution in [0.3, 0.4) is 0 Å². The highest BCUT2D eigenvalue weighted by molar-refractivity contribution is 5.49. The van der Waals surface area contributed by atoms with E-state index >= 15 is 0 Å². The van der Waals surface area contributed by atoms with Gasteiger partial charge in [-0.25, -0.2) is 0 Å². The molecular weight excluding hydrogens is 180 g/mol. The van der Waals surface area contributed by atoms with Crippen molar-refractivity contribution in [1.82, 2.24) is 0 Å². The molecule has 80 valence electrons. The molecule has 2 atom stereocenters. The van der Waals surface area contributed by atoms with Crippen molar-refractivity contribution >= 4 is 12.2 Å². The second kappa shape index (κ2) is 4.22. The minimum Gasteiger partial charge on any atom is -0.0729 e. The molecule has 1 aromatic rings. The van der Waals surface area contributed by atoms with Crippen LogP contribution in [0.15, 0.2) is 18.2 Å². The zero-order valence-corrected chi connectivity index (χ0v) is 9.96. The molecular formula is C15H20. The monoisotopic (exact) mass is 200 g/mol. The highest BCUT2D eigenvalue weighted by Gasteiger charge is 2.34. The van der Waals surface area contributed by atoms with E-state index in [-0.39, 0.29) is 0 Å². The molecule has 0 amide bonds. The van der Waals surface area contributed by atoms with Crippen molar-refractivity contribution in [2.45, 2.75) is 33.6 Å². The van der Waals surface area contributed by atoms with Gasteiger partial charge in [0.1, 0.15) is 0 Å². The van der Waals surface area contributed by atoms with Crippen LogP contribution in [0.2, 0.25) is 0 Å². The fraction of sp³-hybridized carbons (Fsp3) is 0.467. The minimum atomic E-state index is 0.875. The van der Waals surface area contributed by atoms with E-state index in [9.17, 15) is 0 Å². The molecule has 1 aromatic carbocycles. The molecule has 15 heavy (non-hydrogen) atoms. The summed E-state index contributed by atoms with van der Waals surface area (Å²) < 4.78 is 0. The van der Waals surface area contributed by atoms with E-state index in [4.69, 9.17) is 0 Å². The zero-order chi connectivity index (χ0) is 10.8. The van der Waals surface area contributed by atoms with E-state index in [0.717, 1.165) is 18.3 Å². The first-order valence-corrected chi connectivity index (χ1v) is 6.19. The van der Waals surface area contributed by atoms with E-state index in [1.165, 1.54) is 22.4 Å². The zero-order valence-electron chi connectivity index (χ0n) is 9.96. The quantitative estimate of drug-likeness (QED) is 0.653. The van der Waals surface area contributed by atoms with E-state index in [1.54, 1.807) is 0 Å². The van der Waals surface area contributed by atoms with Gasteiger partial charge >= 0.3 is 0 Å². The smallest absolute Gasteiger partial charge is 0.0155 e.